The van der Waals surface area contributed by atoms with Crippen LogP contribution in [0.4, 0.5) is 0 Å². The number of amides is 1. The van der Waals surface area contributed by atoms with E-state index in [-0.39, 0.29) is 29.5 Å². The zero-order valence-electron chi connectivity index (χ0n) is 11.3. The van der Waals surface area contributed by atoms with Crippen LogP contribution < -0.4 is 0 Å². The molecule has 0 fully saturated rings. The standard InChI is InChI=1S/C13H18N2O4/c1-4-15(5-2)12(17)9-7-10(13(18)19-6-3)14-8-11(9)16/h7-8,16H,4-6H2,1-3H3. The van der Waals surface area contributed by atoms with Gasteiger partial charge in [0.05, 0.1) is 18.4 Å². The van der Waals surface area contributed by atoms with Gasteiger partial charge in [-0.15, -0.1) is 0 Å². The molecule has 0 saturated heterocycles. The maximum absolute atomic E-state index is 12.1. The molecule has 6 nitrogen and oxygen atoms in total. The van der Waals surface area contributed by atoms with Crippen LogP contribution in [0.5, 0.6) is 5.75 Å². The zero-order chi connectivity index (χ0) is 14.4. The fraction of sp³-hybridized carbons (Fsp3) is 0.462. The van der Waals surface area contributed by atoms with Crippen LogP contribution in [0.1, 0.15) is 41.6 Å². The molecule has 0 saturated carbocycles. The van der Waals surface area contributed by atoms with Crippen LogP contribution in [-0.4, -0.2) is 46.6 Å². The third-order valence-electron chi connectivity index (χ3n) is 2.65. The van der Waals surface area contributed by atoms with Crippen LogP contribution in [0.2, 0.25) is 0 Å². The minimum Gasteiger partial charge on any atom is -0.505 e. The number of pyridine rings is 1. The van der Waals surface area contributed by atoms with Crippen LogP contribution >= 0.6 is 0 Å². The molecular weight excluding hydrogens is 248 g/mol. The van der Waals surface area contributed by atoms with Crippen LogP contribution in [0.25, 0.3) is 0 Å². The van der Waals surface area contributed by atoms with Crippen molar-refractivity contribution >= 4 is 11.9 Å². The molecule has 0 aromatic carbocycles. The highest BCUT2D eigenvalue weighted by Crippen LogP contribution is 2.19. The van der Waals surface area contributed by atoms with Crippen molar-refractivity contribution in [3.8, 4) is 5.75 Å². The highest BCUT2D eigenvalue weighted by molar-refractivity contribution is 5.99. The third kappa shape index (κ3) is 3.43. The van der Waals surface area contributed by atoms with Gasteiger partial charge in [0.2, 0.25) is 0 Å². The lowest BCUT2D eigenvalue weighted by Gasteiger charge is -2.19. The number of aromatic nitrogens is 1. The fourth-order valence-corrected chi connectivity index (χ4v) is 1.62. The topological polar surface area (TPSA) is 79.7 Å². The summed E-state index contributed by atoms with van der Waals surface area (Å²) in [7, 11) is 0. The number of aromatic hydroxyl groups is 1. The number of nitrogens with zero attached hydrogens (tertiary/aromatic N) is 2. The first-order valence-electron chi connectivity index (χ1n) is 6.20. The maximum Gasteiger partial charge on any atom is 0.356 e. The second-order valence-electron chi connectivity index (χ2n) is 3.78. The first-order chi connectivity index (χ1) is 9.04. The van der Waals surface area contributed by atoms with Gasteiger partial charge in [-0.05, 0) is 26.8 Å². The second-order valence-corrected chi connectivity index (χ2v) is 3.78. The lowest BCUT2D eigenvalue weighted by Crippen LogP contribution is -2.30. The molecule has 6 heteroatoms. The summed E-state index contributed by atoms with van der Waals surface area (Å²) < 4.78 is 4.81. The highest BCUT2D eigenvalue weighted by atomic mass is 16.5. The van der Waals surface area contributed by atoms with Gasteiger partial charge in [0, 0.05) is 13.1 Å². The monoisotopic (exact) mass is 266 g/mol. The van der Waals surface area contributed by atoms with E-state index >= 15 is 0 Å². The summed E-state index contributed by atoms with van der Waals surface area (Å²) in [6, 6.07) is 1.26. The zero-order valence-corrected chi connectivity index (χ0v) is 11.3. The summed E-state index contributed by atoms with van der Waals surface area (Å²) in [4.78, 5) is 29.0. The first-order valence-corrected chi connectivity index (χ1v) is 6.20. The van der Waals surface area contributed by atoms with Crippen LogP contribution in [0, 0.1) is 0 Å². The number of hydrogen-bond donors (Lipinski definition) is 1. The molecule has 0 atom stereocenters. The Bertz CT molecular complexity index is 470. The number of rotatable bonds is 5. The van der Waals surface area contributed by atoms with Gasteiger partial charge in [-0.25, -0.2) is 9.78 Å². The molecule has 1 N–H and O–H groups in total. The Labute approximate surface area is 112 Å². The summed E-state index contributed by atoms with van der Waals surface area (Å²) >= 11 is 0. The molecule has 0 aliphatic carbocycles. The van der Waals surface area contributed by atoms with Gasteiger partial charge >= 0.3 is 5.97 Å². The van der Waals surface area contributed by atoms with E-state index in [4.69, 9.17) is 4.74 Å². The summed E-state index contributed by atoms with van der Waals surface area (Å²) in [5.41, 5.74) is 0.0666. The highest BCUT2D eigenvalue weighted by Gasteiger charge is 2.20. The number of carbonyl (C=O) groups excluding carboxylic acids is 2. The predicted octanol–water partition coefficient (Wildman–Crippen LogP) is 1.45. The average molecular weight is 266 g/mol. The Morgan fingerprint density at radius 2 is 1.95 bits per heavy atom. The second kappa shape index (κ2) is 6.72. The van der Waals surface area contributed by atoms with E-state index in [1.165, 1.54) is 6.07 Å². The van der Waals surface area contributed by atoms with E-state index in [1.54, 1.807) is 11.8 Å². The van der Waals surface area contributed by atoms with Gasteiger partial charge in [-0.3, -0.25) is 4.79 Å². The first kappa shape index (κ1) is 14.9. The van der Waals surface area contributed by atoms with E-state index in [2.05, 4.69) is 4.98 Å². The summed E-state index contributed by atoms with van der Waals surface area (Å²) in [6.07, 6.45) is 1.09. The Kier molecular flexibility index (Phi) is 5.29. The fourth-order valence-electron chi connectivity index (χ4n) is 1.62. The van der Waals surface area contributed by atoms with Gasteiger partial charge in [-0.1, -0.05) is 0 Å². The molecule has 1 rings (SSSR count). The van der Waals surface area contributed by atoms with Crippen LogP contribution in [0.15, 0.2) is 12.3 Å². The minimum atomic E-state index is -0.615. The molecule has 0 radical (unpaired) electrons. The van der Waals surface area contributed by atoms with Crippen LogP contribution in [-0.2, 0) is 4.74 Å². The number of carbonyl (C=O) groups is 2. The van der Waals surface area contributed by atoms with Crippen molar-refractivity contribution in [1.82, 2.24) is 9.88 Å². The molecule has 0 unspecified atom stereocenters. The summed E-state index contributed by atoms with van der Waals surface area (Å²) in [5.74, 6) is -1.20. The van der Waals surface area contributed by atoms with Gasteiger partial charge in [-0.2, -0.15) is 0 Å². The van der Waals surface area contributed by atoms with Crippen molar-refractivity contribution in [2.75, 3.05) is 19.7 Å². The molecule has 0 aliphatic rings. The predicted molar refractivity (Wildman–Crippen MR) is 69.1 cm³/mol. The van der Waals surface area contributed by atoms with Gasteiger partial charge in [0.1, 0.15) is 11.4 Å². The largest absolute Gasteiger partial charge is 0.505 e. The van der Waals surface area contributed by atoms with E-state index in [1.807, 2.05) is 13.8 Å². The Hall–Kier alpha value is -2.11. The Morgan fingerprint density at radius 3 is 2.47 bits per heavy atom. The molecular formula is C13H18N2O4. The van der Waals surface area contributed by atoms with Crippen molar-refractivity contribution < 1.29 is 19.4 Å². The molecule has 104 valence electrons. The quantitative estimate of drug-likeness (QED) is 0.816. The van der Waals surface area contributed by atoms with E-state index in [0.717, 1.165) is 6.20 Å². The molecule has 0 aliphatic heterocycles. The van der Waals surface area contributed by atoms with Crippen molar-refractivity contribution in [3.63, 3.8) is 0 Å². The van der Waals surface area contributed by atoms with Gasteiger partial charge < -0.3 is 14.7 Å². The SMILES string of the molecule is CCOC(=O)c1cc(C(=O)N(CC)CC)c(O)cn1. The van der Waals surface area contributed by atoms with Crippen molar-refractivity contribution in [2.24, 2.45) is 0 Å². The number of esters is 1. The Morgan fingerprint density at radius 1 is 1.32 bits per heavy atom. The molecule has 1 aromatic heterocycles. The van der Waals surface area contributed by atoms with E-state index < -0.39 is 5.97 Å². The number of hydrogen-bond acceptors (Lipinski definition) is 5. The molecule has 0 spiro atoms. The van der Waals surface area contributed by atoms with Crippen LogP contribution in [0.3, 0.4) is 0 Å². The minimum absolute atomic E-state index is 0.00940. The maximum atomic E-state index is 12.1. The van der Waals surface area contributed by atoms with Gasteiger partial charge in [0.15, 0.2) is 0 Å². The smallest absolute Gasteiger partial charge is 0.356 e. The third-order valence-corrected chi connectivity index (χ3v) is 2.65. The Balaban J connectivity index is 3.10. The normalized spacial score (nSPS) is 10.1. The molecule has 1 amide bonds. The molecule has 1 aromatic rings. The average Bonchev–Trinajstić information content (AvgIpc) is 2.40. The summed E-state index contributed by atoms with van der Waals surface area (Å²) in [6.45, 7) is 6.62. The van der Waals surface area contributed by atoms with Crippen molar-refractivity contribution in [3.05, 3.63) is 23.5 Å². The number of ether oxygens (including phenoxy) is 1. The molecule has 1 heterocycles. The molecule has 19 heavy (non-hydrogen) atoms. The van der Waals surface area contributed by atoms with Crippen molar-refractivity contribution in [1.29, 1.82) is 0 Å². The lowest BCUT2D eigenvalue weighted by molar-refractivity contribution is 0.0519. The summed E-state index contributed by atoms with van der Waals surface area (Å²) in [5, 5.41) is 9.69. The van der Waals surface area contributed by atoms with E-state index in [9.17, 15) is 14.7 Å². The van der Waals surface area contributed by atoms with Gasteiger partial charge in [0.25, 0.3) is 5.91 Å². The van der Waals surface area contributed by atoms with Crippen molar-refractivity contribution in [2.45, 2.75) is 20.8 Å². The van der Waals surface area contributed by atoms with E-state index in [0.29, 0.717) is 13.1 Å². The molecule has 0 bridgehead atoms. The lowest BCUT2D eigenvalue weighted by atomic mass is 10.2.